The van der Waals surface area contributed by atoms with E-state index in [-0.39, 0.29) is 31.4 Å². The van der Waals surface area contributed by atoms with Crippen LogP contribution in [0.1, 0.15) is 51.0 Å². The van der Waals surface area contributed by atoms with Gasteiger partial charge in [0, 0.05) is 22.9 Å². The molecule has 0 saturated carbocycles. The summed E-state index contributed by atoms with van der Waals surface area (Å²) in [7, 11) is 0. The molecule has 0 heterocycles. The van der Waals surface area contributed by atoms with Crippen molar-refractivity contribution in [2.24, 2.45) is 0 Å². The molecule has 0 aromatic heterocycles. The average Bonchev–Trinajstić information content (AvgIpc) is 2.51. The predicted molar refractivity (Wildman–Crippen MR) is 88.3 cm³/mol. The lowest BCUT2D eigenvalue weighted by atomic mass is 10.2. The number of hydrogen-bond donors (Lipinski definition) is 0. The van der Waals surface area contributed by atoms with E-state index in [9.17, 15) is 9.59 Å². The molecular weight excluding hydrogens is 348 g/mol. The predicted octanol–water partition coefficient (Wildman–Crippen LogP) is 4.40. The minimum absolute atomic E-state index is 0.231. The van der Waals surface area contributed by atoms with Crippen LogP contribution in [-0.2, 0) is 25.7 Å². The first-order valence-corrected chi connectivity index (χ1v) is 8.47. The summed E-state index contributed by atoms with van der Waals surface area (Å²) < 4.78 is 11.2. The maximum atomic E-state index is 11.6. The number of hydrogen-bond acceptors (Lipinski definition) is 4. The van der Waals surface area contributed by atoms with Gasteiger partial charge in [-0.1, -0.05) is 53.9 Å². The van der Waals surface area contributed by atoms with Crippen LogP contribution in [0.3, 0.4) is 0 Å². The zero-order valence-corrected chi connectivity index (χ0v) is 14.6. The summed E-state index contributed by atoms with van der Waals surface area (Å²) in [5, 5.41) is 0. The van der Waals surface area contributed by atoms with E-state index < -0.39 is 0 Å². The lowest BCUT2D eigenvalue weighted by Gasteiger charge is -2.07. The lowest BCUT2D eigenvalue weighted by molar-refractivity contribution is -0.146. The van der Waals surface area contributed by atoms with Gasteiger partial charge in [-0.3, -0.25) is 9.59 Å². The summed E-state index contributed by atoms with van der Waals surface area (Å²) in [5.74, 6) is -0.538. The number of rotatable bonds is 10. The molecule has 1 rings (SSSR count). The molecule has 122 valence electrons. The standard InChI is InChI=1S/C17H23BrO4/c1-2-3-6-12-21-16(19)10-7-11-17(20)22-13-14-8-4-5-9-15(14)18/h4-5,8-9H,2-3,6-7,10-13H2,1H3. The van der Waals surface area contributed by atoms with Crippen molar-refractivity contribution in [1.82, 2.24) is 0 Å². The smallest absolute Gasteiger partial charge is 0.306 e. The van der Waals surface area contributed by atoms with Crippen LogP contribution in [0.4, 0.5) is 0 Å². The van der Waals surface area contributed by atoms with Gasteiger partial charge in [0.2, 0.25) is 0 Å². The highest BCUT2D eigenvalue weighted by atomic mass is 79.9. The molecule has 0 aliphatic rings. The van der Waals surface area contributed by atoms with Gasteiger partial charge in [0.1, 0.15) is 6.61 Å². The number of carbonyl (C=O) groups excluding carboxylic acids is 2. The van der Waals surface area contributed by atoms with Gasteiger partial charge in [-0.25, -0.2) is 0 Å². The van der Waals surface area contributed by atoms with E-state index >= 15 is 0 Å². The van der Waals surface area contributed by atoms with Crippen LogP contribution in [0.5, 0.6) is 0 Å². The zero-order chi connectivity index (χ0) is 16.2. The Morgan fingerprint density at radius 3 is 2.36 bits per heavy atom. The highest BCUT2D eigenvalue weighted by molar-refractivity contribution is 9.10. The molecule has 1 aromatic rings. The van der Waals surface area contributed by atoms with E-state index in [4.69, 9.17) is 9.47 Å². The van der Waals surface area contributed by atoms with E-state index in [0.29, 0.717) is 13.0 Å². The Labute approximate surface area is 140 Å². The van der Waals surface area contributed by atoms with Gasteiger partial charge in [0.15, 0.2) is 0 Å². The highest BCUT2D eigenvalue weighted by Gasteiger charge is 2.08. The van der Waals surface area contributed by atoms with Crippen LogP contribution in [0, 0.1) is 0 Å². The number of esters is 2. The Balaban J connectivity index is 2.11. The van der Waals surface area contributed by atoms with Gasteiger partial charge < -0.3 is 9.47 Å². The van der Waals surface area contributed by atoms with Crippen molar-refractivity contribution in [2.75, 3.05) is 6.61 Å². The second-order valence-electron chi connectivity index (χ2n) is 5.03. The first-order valence-electron chi connectivity index (χ1n) is 7.68. The van der Waals surface area contributed by atoms with Gasteiger partial charge in [-0.2, -0.15) is 0 Å². The van der Waals surface area contributed by atoms with Gasteiger partial charge in [-0.15, -0.1) is 0 Å². The average molecular weight is 371 g/mol. The van der Waals surface area contributed by atoms with Gasteiger partial charge in [0.05, 0.1) is 6.61 Å². The summed E-state index contributed by atoms with van der Waals surface area (Å²) in [6, 6.07) is 7.59. The molecule has 0 unspecified atom stereocenters. The molecule has 4 nitrogen and oxygen atoms in total. The molecule has 0 saturated heterocycles. The molecule has 0 aliphatic heterocycles. The number of carbonyl (C=O) groups is 2. The zero-order valence-electron chi connectivity index (χ0n) is 13.0. The Morgan fingerprint density at radius 2 is 1.68 bits per heavy atom. The van der Waals surface area contributed by atoms with Crippen LogP contribution < -0.4 is 0 Å². The minimum atomic E-state index is -0.297. The van der Waals surface area contributed by atoms with Crippen LogP contribution >= 0.6 is 15.9 Å². The number of unbranched alkanes of at least 4 members (excludes halogenated alkanes) is 2. The van der Waals surface area contributed by atoms with Gasteiger partial charge >= 0.3 is 11.9 Å². The second-order valence-corrected chi connectivity index (χ2v) is 5.89. The molecular formula is C17H23BrO4. The summed E-state index contributed by atoms with van der Waals surface area (Å²) in [5.41, 5.74) is 0.922. The van der Waals surface area contributed by atoms with E-state index in [1.165, 1.54) is 0 Å². The largest absolute Gasteiger partial charge is 0.466 e. The topological polar surface area (TPSA) is 52.6 Å². The SMILES string of the molecule is CCCCCOC(=O)CCCC(=O)OCc1ccccc1Br. The van der Waals surface area contributed by atoms with Crippen molar-refractivity contribution in [1.29, 1.82) is 0 Å². The first kappa shape index (κ1) is 18.7. The molecule has 0 aliphatic carbocycles. The van der Waals surface area contributed by atoms with Crippen LogP contribution in [0.2, 0.25) is 0 Å². The fourth-order valence-electron chi connectivity index (χ4n) is 1.83. The second kappa shape index (κ2) is 11.2. The van der Waals surface area contributed by atoms with E-state index in [1.54, 1.807) is 0 Å². The molecule has 22 heavy (non-hydrogen) atoms. The molecule has 0 fully saturated rings. The van der Waals surface area contributed by atoms with Gasteiger partial charge in [0.25, 0.3) is 0 Å². The van der Waals surface area contributed by atoms with Crippen molar-refractivity contribution in [3.63, 3.8) is 0 Å². The number of benzene rings is 1. The summed E-state index contributed by atoms with van der Waals surface area (Å²) in [4.78, 5) is 23.0. The van der Waals surface area contributed by atoms with E-state index in [0.717, 1.165) is 29.3 Å². The lowest BCUT2D eigenvalue weighted by Crippen LogP contribution is -2.09. The quantitative estimate of drug-likeness (QED) is 0.452. The summed E-state index contributed by atoms with van der Waals surface area (Å²) in [6.45, 7) is 2.81. The van der Waals surface area contributed by atoms with Crippen molar-refractivity contribution < 1.29 is 19.1 Å². The normalized spacial score (nSPS) is 10.3. The molecule has 0 spiro atoms. The molecule has 0 amide bonds. The monoisotopic (exact) mass is 370 g/mol. The Morgan fingerprint density at radius 1 is 1.00 bits per heavy atom. The van der Waals surface area contributed by atoms with E-state index in [1.807, 2.05) is 24.3 Å². The molecule has 5 heteroatoms. The first-order chi connectivity index (χ1) is 10.6. The molecule has 0 N–H and O–H groups in total. The number of halogens is 1. The minimum Gasteiger partial charge on any atom is -0.466 e. The van der Waals surface area contributed by atoms with Crippen molar-refractivity contribution in [2.45, 2.75) is 52.1 Å². The third-order valence-corrected chi connectivity index (χ3v) is 3.89. The third kappa shape index (κ3) is 8.17. The van der Waals surface area contributed by atoms with Crippen LogP contribution in [0.15, 0.2) is 28.7 Å². The van der Waals surface area contributed by atoms with Crippen molar-refractivity contribution in [3.8, 4) is 0 Å². The van der Waals surface area contributed by atoms with Crippen molar-refractivity contribution in [3.05, 3.63) is 34.3 Å². The third-order valence-electron chi connectivity index (χ3n) is 3.12. The van der Waals surface area contributed by atoms with Crippen molar-refractivity contribution >= 4 is 27.9 Å². The maximum Gasteiger partial charge on any atom is 0.306 e. The van der Waals surface area contributed by atoms with Gasteiger partial charge in [-0.05, 0) is 18.9 Å². The highest BCUT2D eigenvalue weighted by Crippen LogP contribution is 2.17. The Kier molecular flexibility index (Phi) is 9.55. The molecule has 1 aromatic carbocycles. The van der Waals surface area contributed by atoms with Crippen LogP contribution in [0.25, 0.3) is 0 Å². The fourth-order valence-corrected chi connectivity index (χ4v) is 2.23. The fraction of sp³-hybridized carbons (Fsp3) is 0.529. The summed E-state index contributed by atoms with van der Waals surface area (Å²) >= 11 is 3.40. The van der Waals surface area contributed by atoms with E-state index in [2.05, 4.69) is 22.9 Å². The summed E-state index contributed by atoms with van der Waals surface area (Å²) in [6.07, 6.45) is 4.01. The molecule has 0 atom stereocenters. The Bertz CT molecular complexity index is 473. The maximum absolute atomic E-state index is 11.6. The van der Waals surface area contributed by atoms with Crippen LogP contribution in [-0.4, -0.2) is 18.5 Å². The molecule has 0 bridgehead atoms. The number of ether oxygens (including phenoxy) is 2. The Hall–Kier alpha value is -1.36. The molecule has 0 radical (unpaired) electrons.